The number of hydrogen-bond acceptors (Lipinski definition) is 5. The summed E-state index contributed by atoms with van der Waals surface area (Å²) < 4.78 is 15.5. The molecule has 1 heterocycles. The monoisotopic (exact) mass is 259 g/mol. The van der Waals surface area contributed by atoms with E-state index in [2.05, 4.69) is 0 Å². The summed E-state index contributed by atoms with van der Waals surface area (Å²) in [6, 6.07) is 0. The molecule has 0 N–H and O–H groups in total. The van der Waals surface area contributed by atoms with E-state index in [1.807, 2.05) is 25.7 Å². The molecule has 1 aliphatic rings. The fraction of sp³-hybridized carbons (Fsp3) is 0.833. The smallest absolute Gasteiger partial charge is 0.410 e. The maximum absolute atomic E-state index is 11.8. The van der Waals surface area contributed by atoms with Gasteiger partial charge in [0.1, 0.15) is 5.60 Å². The second kappa shape index (κ2) is 6.36. The van der Waals surface area contributed by atoms with Crippen LogP contribution in [-0.4, -0.2) is 61.9 Å². The zero-order valence-electron chi connectivity index (χ0n) is 11.9. The van der Waals surface area contributed by atoms with E-state index in [9.17, 15) is 4.79 Å². The Kier molecular flexibility index (Phi) is 5.37. The second-order valence-corrected chi connectivity index (χ2v) is 5.13. The number of hydrogen-bond donors (Lipinski definition) is 0. The van der Waals surface area contributed by atoms with E-state index in [-0.39, 0.29) is 6.09 Å². The molecule has 0 atom stereocenters. The Morgan fingerprint density at radius 3 is 1.78 bits per heavy atom. The van der Waals surface area contributed by atoms with Gasteiger partial charge in [-0.15, -0.1) is 0 Å². The Labute approximate surface area is 109 Å². The number of carbonyl (C=O) groups is 1. The molecule has 1 amide bonds. The number of rotatable bonds is 3. The molecular formula is C12H23N2O4. The van der Waals surface area contributed by atoms with E-state index in [4.69, 9.17) is 14.2 Å². The van der Waals surface area contributed by atoms with Crippen molar-refractivity contribution in [3.05, 3.63) is 6.41 Å². The zero-order chi connectivity index (χ0) is 13.8. The van der Waals surface area contributed by atoms with E-state index in [1.165, 1.54) is 0 Å². The van der Waals surface area contributed by atoms with Crippen LogP contribution >= 0.6 is 0 Å². The van der Waals surface area contributed by atoms with E-state index >= 15 is 0 Å². The lowest BCUT2D eigenvalue weighted by molar-refractivity contribution is -0.103. The largest absolute Gasteiger partial charge is 0.444 e. The van der Waals surface area contributed by atoms with Crippen LogP contribution in [0.5, 0.6) is 0 Å². The van der Waals surface area contributed by atoms with Crippen molar-refractivity contribution in [1.29, 1.82) is 0 Å². The number of nitrogens with zero attached hydrogens (tertiary/aromatic N) is 2. The predicted molar refractivity (Wildman–Crippen MR) is 66.6 cm³/mol. The maximum atomic E-state index is 11.8. The Hall–Kier alpha value is -0.850. The summed E-state index contributed by atoms with van der Waals surface area (Å²) in [5.41, 5.74) is -0.454. The number of carbonyl (C=O) groups excluding carboxylic acids is 1. The van der Waals surface area contributed by atoms with E-state index < -0.39 is 5.60 Å². The van der Waals surface area contributed by atoms with Crippen molar-refractivity contribution >= 4 is 6.09 Å². The summed E-state index contributed by atoms with van der Waals surface area (Å²) in [5.74, 6) is 0. The van der Waals surface area contributed by atoms with E-state index in [0.29, 0.717) is 32.6 Å². The van der Waals surface area contributed by atoms with Crippen LogP contribution in [0.15, 0.2) is 0 Å². The molecule has 0 aromatic heterocycles. The van der Waals surface area contributed by atoms with Crippen molar-refractivity contribution in [1.82, 2.24) is 9.80 Å². The third-order valence-electron chi connectivity index (χ3n) is 2.54. The van der Waals surface area contributed by atoms with Gasteiger partial charge in [-0.3, -0.25) is 0 Å². The van der Waals surface area contributed by atoms with Gasteiger partial charge in [-0.1, -0.05) is 0 Å². The minimum absolute atomic E-state index is 0.265. The minimum atomic E-state index is -0.454. The molecule has 0 spiro atoms. The fourth-order valence-corrected chi connectivity index (χ4v) is 1.74. The van der Waals surface area contributed by atoms with Crippen LogP contribution in [0.25, 0.3) is 0 Å². The third kappa shape index (κ3) is 4.44. The van der Waals surface area contributed by atoms with Gasteiger partial charge in [-0.05, 0) is 20.8 Å². The molecule has 1 radical (unpaired) electrons. The van der Waals surface area contributed by atoms with Gasteiger partial charge in [0.2, 0.25) is 0 Å². The van der Waals surface area contributed by atoms with Crippen LogP contribution in [-0.2, 0) is 14.2 Å². The van der Waals surface area contributed by atoms with Gasteiger partial charge in [0.25, 0.3) is 0 Å². The molecule has 6 heteroatoms. The Morgan fingerprint density at radius 1 is 0.944 bits per heavy atom. The number of amides is 1. The van der Waals surface area contributed by atoms with Gasteiger partial charge in [0.15, 0.2) is 0 Å². The molecule has 1 rings (SSSR count). The van der Waals surface area contributed by atoms with Crippen molar-refractivity contribution in [2.24, 2.45) is 0 Å². The average molecular weight is 259 g/mol. The summed E-state index contributed by atoms with van der Waals surface area (Å²) in [5, 5.41) is 0. The summed E-state index contributed by atoms with van der Waals surface area (Å²) in [4.78, 5) is 15.5. The Balaban J connectivity index is 2.41. The molecule has 0 aromatic rings. The predicted octanol–water partition coefficient (Wildman–Crippen LogP) is 1.28. The molecule has 18 heavy (non-hydrogen) atoms. The molecule has 1 saturated heterocycles. The number of methoxy groups -OCH3 is 2. The van der Waals surface area contributed by atoms with E-state index in [0.717, 1.165) is 0 Å². The van der Waals surface area contributed by atoms with Crippen molar-refractivity contribution < 1.29 is 19.0 Å². The molecule has 1 fully saturated rings. The first kappa shape index (κ1) is 15.2. The van der Waals surface area contributed by atoms with Crippen molar-refractivity contribution in [2.75, 3.05) is 40.4 Å². The topological polar surface area (TPSA) is 51.2 Å². The fourth-order valence-electron chi connectivity index (χ4n) is 1.74. The van der Waals surface area contributed by atoms with Crippen LogP contribution in [0, 0.1) is 6.41 Å². The van der Waals surface area contributed by atoms with Crippen LogP contribution in [0.1, 0.15) is 20.8 Å². The highest BCUT2D eigenvalue weighted by Crippen LogP contribution is 2.16. The quantitative estimate of drug-likeness (QED) is 0.764. The van der Waals surface area contributed by atoms with Gasteiger partial charge in [0.05, 0.1) is 0 Å². The SMILES string of the molecule is CO[C](OC)N1CCN(C(=O)OC(C)(C)C)CC1. The molecular weight excluding hydrogens is 236 g/mol. The molecule has 0 bridgehead atoms. The van der Waals surface area contributed by atoms with Crippen LogP contribution < -0.4 is 0 Å². The number of piperazine rings is 1. The summed E-state index contributed by atoms with van der Waals surface area (Å²) in [7, 11) is 3.14. The zero-order valence-corrected chi connectivity index (χ0v) is 11.9. The number of ether oxygens (including phenoxy) is 3. The molecule has 0 aromatic carbocycles. The molecule has 6 nitrogen and oxygen atoms in total. The standard InChI is InChI=1S/C12H23N2O4/c1-12(2,3)18-10(15)13-6-8-14(9-7-13)11(16-4)17-5/h6-9H2,1-5H3. The Morgan fingerprint density at radius 2 is 1.39 bits per heavy atom. The third-order valence-corrected chi connectivity index (χ3v) is 2.54. The van der Waals surface area contributed by atoms with Gasteiger partial charge < -0.3 is 19.1 Å². The lowest BCUT2D eigenvalue weighted by atomic mass is 10.2. The van der Waals surface area contributed by atoms with E-state index in [1.54, 1.807) is 19.1 Å². The normalized spacial score (nSPS) is 18.2. The van der Waals surface area contributed by atoms with Crippen molar-refractivity contribution in [3.8, 4) is 0 Å². The summed E-state index contributed by atoms with van der Waals surface area (Å²) >= 11 is 0. The highest BCUT2D eigenvalue weighted by molar-refractivity contribution is 5.68. The van der Waals surface area contributed by atoms with Crippen LogP contribution in [0.2, 0.25) is 0 Å². The first-order valence-corrected chi connectivity index (χ1v) is 6.05. The summed E-state index contributed by atoms with van der Waals surface area (Å²) in [6.45, 7) is 8.15. The minimum Gasteiger partial charge on any atom is -0.444 e. The first-order valence-electron chi connectivity index (χ1n) is 6.05. The molecule has 0 saturated carbocycles. The average Bonchev–Trinajstić information content (AvgIpc) is 2.29. The highest BCUT2D eigenvalue weighted by Gasteiger charge is 2.29. The van der Waals surface area contributed by atoms with Gasteiger partial charge in [0, 0.05) is 40.4 Å². The highest BCUT2D eigenvalue weighted by atomic mass is 16.7. The van der Waals surface area contributed by atoms with Gasteiger partial charge in [-0.25, -0.2) is 9.69 Å². The maximum Gasteiger partial charge on any atom is 0.410 e. The molecule has 1 aliphatic heterocycles. The lowest BCUT2D eigenvalue weighted by Crippen LogP contribution is -2.51. The summed E-state index contributed by atoms with van der Waals surface area (Å²) in [6.07, 6.45) is 0.220. The second-order valence-electron chi connectivity index (χ2n) is 5.13. The van der Waals surface area contributed by atoms with Crippen LogP contribution in [0.4, 0.5) is 4.79 Å². The molecule has 0 unspecified atom stereocenters. The van der Waals surface area contributed by atoms with Gasteiger partial charge >= 0.3 is 12.5 Å². The van der Waals surface area contributed by atoms with Crippen molar-refractivity contribution in [2.45, 2.75) is 26.4 Å². The lowest BCUT2D eigenvalue weighted by Gasteiger charge is -2.36. The first-order chi connectivity index (χ1) is 8.37. The van der Waals surface area contributed by atoms with Gasteiger partial charge in [-0.2, -0.15) is 0 Å². The molecule has 105 valence electrons. The van der Waals surface area contributed by atoms with Crippen molar-refractivity contribution in [3.63, 3.8) is 0 Å². The molecule has 0 aliphatic carbocycles. The van der Waals surface area contributed by atoms with Crippen LogP contribution in [0.3, 0.4) is 0 Å². The Bertz CT molecular complexity index is 266.